The van der Waals surface area contributed by atoms with Gasteiger partial charge in [0, 0.05) is 11.6 Å². The molecule has 0 radical (unpaired) electrons. The van der Waals surface area contributed by atoms with Gasteiger partial charge < -0.3 is 5.32 Å². The summed E-state index contributed by atoms with van der Waals surface area (Å²) in [6.45, 7) is 3.86. The molecule has 1 amide bonds. The lowest BCUT2D eigenvalue weighted by atomic mass is 10.1. The molecule has 22 heavy (non-hydrogen) atoms. The highest BCUT2D eigenvalue weighted by molar-refractivity contribution is 5.94. The molecule has 0 aliphatic heterocycles. The summed E-state index contributed by atoms with van der Waals surface area (Å²) in [7, 11) is 0. The molecule has 0 aliphatic rings. The van der Waals surface area contributed by atoms with Crippen LogP contribution in [0.1, 0.15) is 34.8 Å². The van der Waals surface area contributed by atoms with Crippen LogP contribution in [-0.4, -0.2) is 11.9 Å². The second kappa shape index (κ2) is 7.16. The van der Waals surface area contributed by atoms with Gasteiger partial charge in [-0.15, -0.1) is 0 Å². The largest absolute Gasteiger partial charge is 0.350 e. The fourth-order valence-electron chi connectivity index (χ4n) is 2.16. The third-order valence-electron chi connectivity index (χ3n) is 3.54. The number of amides is 1. The summed E-state index contributed by atoms with van der Waals surface area (Å²) in [5.41, 5.74) is 2.43. The van der Waals surface area contributed by atoms with Gasteiger partial charge in [0.25, 0.3) is 5.91 Å². The maximum Gasteiger partial charge on any atom is 0.251 e. The fourth-order valence-corrected chi connectivity index (χ4v) is 2.16. The van der Waals surface area contributed by atoms with E-state index in [2.05, 4.69) is 5.32 Å². The lowest BCUT2D eigenvalue weighted by Gasteiger charge is -2.14. The SMILES string of the molecule is Cc1ccc(C(=O)NC(C)CCc2ccc(F)c(F)c2)cc1. The Bertz CT molecular complexity index is 653. The number of hydrogen-bond acceptors (Lipinski definition) is 1. The van der Waals surface area contributed by atoms with Crippen LogP contribution >= 0.6 is 0 Å². The van der Waals surface area contributed by atoms with E-state index < -0.39 is 11.6 Å². The van der Waals surface area contributed by atoms with E-state index in [0.717, 1.165) is 17.2 Å². The van der Waals surface area contributed by atoms with Crippen molar-refractivity contribution in [3.05, 3.63) is 70.8 Å². The highest BCUT2D eigenvalue weighted by Gasteiger charge is 2.10. The lowest BCUT2D eigenvalue weighted by molar-refractivity contribution is 0.0938. The molecular formula is C18H19F2NO. The van der Waals surface area contributed by atoms with Crippen LogP contribution in [0, 0.1) is 18.6 Å². The first-order chi connectivity index (χ1) is 10.5. The Kier molecular flexibility index (Phi) is 5.26. The molecule has 0 aliphatic carbocycles. The Morgan fingerprint density at radius 2 is 1.77 bits per heavy atom. The van der Waals surface area contributed by atoms with Crippen molar-refractivity contribution in [2.45, 2.75) is 32.7 Å². The zero-order chi connectivity index (χ0) is 16.1. The van der Waals surface area contributed by atoms with Gasteiger partial charge in [-0.2, -0.15) is 0 Å². The van der Waals surface area contributed by atoms with Gasteiger partial charge >= 0.3 is 0 Å². The molecule has 0 saturated carbocycles. The Morgan fingerprint density at radius 3 is 2.41 bits per heavy atom. The topological polar surface area (TPSA) is 29.1 Å². The van der Waals surface area contributed by atoms with E-state index in [-0.39, 0.29) is 11.9 Å². The molecule has 4 heteroatoms. The van der Waals surface area contributed by atoms with Gasteiger partial charge in [0.2, 0.25) is 0 Å². The van der Waals surface area contributed by atoms with Gasteiger partial charge in [0.05, 0.1) is 0 Å². The quantitative estimate of drug-likeness (QED) is 0.888. The molecule has 2 rings (SSSR count). The maximum atomic E-state index is 13.1. The number of carbonyl (C=O) groups is 1. The van der Waals surface area contributed by atoms with Gasteiger partial charge in [-0.1, -0.05) is 23.8 Å². The summed E-state index contributed by atoms with van der Waals surface area (Å²) in [5, 5.41) is 2.91. The third kappa shape index (κ3) is 4.38. The molecule has 2 nitrogen and oxygen atoms in total. The van der Waals surface area contributed by atoms with Crippen molar-refractivity contribution in [3.8, 4) is 0 Å². The first-order valence-electron chi connectivity index (χ1n) is 7.27. The standard InChI is InChI=1S/C18H19F2NO/c1-12-3-8-15(9-4-12)18(22)21-13(2)5-6-14-7-10-16(19)17(20)11-14/h3-4,7-11,13H,5-6H2,1-2H3,(H,21,22). The predicted octanol–water partition coefficient (Wildman–Crippen LogP) is 4.02. The highest BCUT2D eigenvalue weighted by atomic mass is 19.2. The van der Waals surface area contributed by atoms with Crippen molar-refractivity contribution in [1.29, 1.82) is 0 Å². The number of carbonyl (C=O) groups excluding carboxylic acids is 1. The number of rotatable bonds is 5. The Balaban J connectivity index is 1.87. The fraction of sp³-hybridized carbons (Fsp3) is 0.278. The molecule has 0 saturated heterocycles. The van der Waals surface area contributed by atoms with Crippen LogP contribution in [0.3, 0.4) is 0 Å². The summed E-state index contributed by atoms with van der Waals surface area (Å²) in [6.07, 6.45) is 1.23. The van der Waals surface area contributed by atoms with Crippen LogP contribution in [0.2, 0.25) is 0 Å². The summed E-state index contributed by atoms with van der Waals surface area (Å²) < 4.78 is 26.0. The molecule has 0 heterocycles. The normalized spacial score (nSPS) is 12.0. The number of hydrogen-bond donors (Lipinski definition) is 1. The first kappa shape index (κ1) is 16.1. The zero-order valence-electron chi connectivity index (χ0n) is 12.7. The van der Waals surface area contributed by atoms with Gasteiger partial charge in [-0.05, 0) is 56.5 Å². The van der Waals surface area contributed by atoms with E-state index in [1.54, 1.807) is 18.2 Å². The van der Waals surface area contributed by atoms with Crippen LogP contribution in [0.4, 0.5) is 8.78 Å². The first-order valence-corrected chi connectivity index (χ1v) is 7.27. The van der Waals surface area contributed by atoms with Crippen molar-refractivity contribution in [1.82, 2.24) is 5.32 Å². The Morgan fingerprint density at radius 1 is 1.09 bits per heavy atom. The molecule has 1 N–H and O–H groups in total. The van der Waals surface area contributed by atoms with Gasteiger partial charge in [0.15, 0.2) is 11.6 Å². The van der Waals surface area contributed by atoms with Crippen molar-refractivity contribution < 1.29 is 13.6 Å². The smallest absolute Gasteiger partial charge is 0.251 e. The molecular weight excluding hydrogens is 284 g/mol. The van der Waals surface area contributed by atoms with Gasteiger partial charge in [-0.25, -0.2) is 8.78 Å². The van der Waals surface area contributed by atoms with E-state index in [9.17, 15) is 13.6 Å². The summed E-state index contributed by atoms with van der Waals surface area (Å²) >= 11 is 0. The summed E-state index contributed by atoms with van der Waals surface area (Å²) in [5.74, 6) is -1.81. The van der Waals surface area contributed by atoms with Gasteiger partial charge in [-0.3, -0.25) is 4.79 Å². The van der Waals surface area contributed by atoms with Crippen molar-refractivity contribution in [2.24, 2.45) is 0 Å². The maximum absolute atomic E-state index is 13.1. The number of aryl methyl sites for hydroxylation is 2. The van der Waals surface area contributed by atoms with Crippen molar-refractivity contribution >= 4 is 5.91 Å². The van der Waals surface area contributed by atoms with Crippen LogP contribution in [0.5, 0.6) is 0 Å². The molecule has 1 unspecified atom stereocenters. The number of nitrogens with one attached hydrogen (secondary N) is 1. The molecule has 0 fully saturated rings. The molecule has 1 atom stereocenters. The van der Waals surface area contributed by atoms with E-state index in [4.69, 9.17) is 0 Å². The van der Waals surface area contributed by atoms with E-state index in [1.165, 1.54) is 6.07 Å². The summed E-state index contributed by atoms with van der Waals surface area (Å²) in [6, 6.07) is 11.2. The summed E-state index contributed by atoms with van der Waals surface area (Å²) in [4.78, 5) is 12.1. The van der Waals surface area contributed by atoms with E-state index in [1.807, 2.05) is 26.0 Å². The molecule has 0 aromatic heterocycles. The average molecular weight is 303 g/mol. The number of benzene rings is 2. The minimum atomic E-state index is -0.843. The second-order valence-electron chi connectivity index (χ2n) is 5.53. The lowest BCUT2D eigenvalue weighted by Crippen LogP contribution is -2.32. The van der Waals surface area contributed by atoms with Crippen molar-refractivity contribution in [3.63, 3.8) is 0 Å². The molecule has 2 aromatic rings. The molecule has 0 spiro atoms. The molecule has 2 aromatic carbocycles. The average Bonchev–Trinajstić information content (AvgIpc) is 2.49. The third-order valence-corrected chi connectivity index (χ3v) is 3.54. The highest BCUT2D eigenvalue weighted by Crippen LogP contribution is 2.11. The Labute approximate surface area is 129 Å². The van der Waals surface area contributed by atoms with Crippen LogP contribution in [0.15, 0.2) is 42.5 Å². The van der Waals surface area contributed by atoms with Crippen LogP contribution < -0.4 is 5.32 Å². The van der Waals surface area contributed by atoms with E-state index >= 15 is 0 Å². The number of halogens is 2. The predicted molar refractivity (Wildman–Crippen MR) is 82.8 cm³/mol. The van der Waals surface area contributed by atoms with Gasteiger partial charge in [0.1, 0.15) is 0 Å². The zero-order valence-corrected chi connectivity index (χ0v) is 12.7. The van der Waals surface area contributed by atoms with Crippen LogP contribution in [0.25, 0.3) is 0 Å². The van der Waals surface area contributed by atoms with Crippen molar-refractivity contribution in [2.75, 3.05) is 0 Å². The van der Waals surface area contributed by atoms with E-state index in [0.29, 0.717) is 18.4 Å². The molecule has 0 bridgehead atoms. The second-order valence-corrected chi connectivity index (χ2v) is 5.53. The minimum Gasteiger partial charge on any atom is -0.350 e. The Hall–Kier alpha value is -2.23. The molecule has 116 valence electrons. The minimum absolute atomic E-state index is 0.0538. The monoisotopic (exact) mass is 303 g/mol. The van der Waals surface area contributed by atoms with Crippen LogP contribution in [-0.2, 0) is 6.42 Å².